The van der Waals surface area contributed by atoms with E-state index in [1.54, 1.807) is 12.1 Å². The van der Waals surface area contributed by atoms with Crippen molar-refractivity contribution in [3.63, 3.8) is 0 Å². The minimum atomic E-state index is -5.82. The summed E-state index contributed by atoms with van der Waals surface area (Å²) in [7, 11) is -11.5. The molecule has 2 atom stereocenters. The molecule has 2 aromatic rings. The molecule has 0 bridgehead atoms. The summed E-state index contributed by atoms with van der Waals surface area (Å²) in [6, 6.07) is 4.54. The molecule has 2 unspecified atom stereocenters. The maximum atomic E-state index is 11.2. The molecule has 0 aliphatic carbocycles. The molecule has 2 heterocycles. The van der Waals surface area contributed by atoms with Gasteiger partial charge in [0.2, 0.25) is 0 Å². The van der Waals surface area contributed by atoms with E-state index in [4.69, 9.17) is 14.7 Å². The maximum absolute atomic E-state index is 11.2. The fourth-order valence-electron chi connectivity index (χ4n) is 1.55. The van der Waals surface area contributed by atoms with Crippen LogP contribution >= 0.6 is 15.2 Å². The SMILES string of the molecule is O=P([O-])(O)C(O)(c1cn2ccccc2n1)P(=O)(O)O.[Na+]. The molecule has 0 radical (unpaired) electrons. The van der Waals surface area contributed by atoms with Crippen molar-refractivity contribution in [2.75, 3.05) is 0 Å². The van der Waals surface area contributed by atoms with Gasteiger partial charge in [0.15, 0.2) is 7.60 Å². The zero-order chi connectivity index (χ0) is 14.5. The Labute approximate surface area is 134 Å². The third-order valence-electron chi connectivity index (χ3n) is 2.51. The zero-order valence-corrected chi connectivity index (χ0v) is 14.0. The van der Waals surface area contributed by atoms with E-state index in [2.05, 4.69) is 4.98 Å². The summed E-state index contributed by atoms with van der Waals surface area (Å²) < 4.78 is 23.7. The molecule has 0 saturated carbocycles. The van der Waals surface area contributed by atoms with Crippen molar-refractivity contribution in [1.82, 2.24) is 9.38 Å². The van der Waals surface area contributed by atoms with Gasteiger partial charge < -0.3 is 33.6 Å². The van der Waals surface area contributed by atoms with E-state index in [1.165, 1.54) is 16.7 Å². The summed E-state index contributed by atoms with van der Waals surface area (Å²) in [4.78, 5) is 41.8. The Bertz CT molecular complexity index is 665. The molecule has 2 rings (SSSR count). The van der Waals surface area contributed by atoms with Gasteiger partial charge in [0.1, 0.15) is 11.3 Å². The Balaban J connectivity index is 0.00000200. The number of hydrogen-bond donors (Lipinski definition) is 4. The van der Waals surface area contributed by atoms with E-state index in [-0.39, 0.29) is 35.2 Å². The third-order valence-corrected chi connectivity index (χ3v) is 6.11. The van der Waals surface area contributed by atoms with Crippen LogP contribution in [-0.4, -0.2) is 29.2 Å². The summed E-state index contributed by atoms with van der Waals surface area (Å²) in [6.07, 6.45) is 2.34. The average molecular weight is 330 g/mol. The smallest absolute Gasteiger partial charge is 0.776 e. The van der Waals surface area contributed by atoms with Crippen molar-refractivity contribution < 1.29 is 63.4 Å². The topological polar surface area (TPSA) is 155 Å². The van der Waals surface area contributed by atoms with Crippen LogP contribution in [0.25, 0.3) is 5.65 Å². The molecule has 104 valence electrons. The summed E-state index contributed by atoms with van der Waals surface area (Å²) in [5.74, 6) is 0. The van der Waals surface area contributed by atoms with Gasteiger partial charge in [-0.25, -0.2) is 4.98 Å². The second-order valence-electron chi connectivity index (χ2n) is 3.79. The maximum Gasteiger partial charge on any atom is 1.00 e. The van der Waals surface area contributed by atoms with Gasteiger partial charge in [0, 0.05) is 12.4 Å². The monoisotopic (exact) mass is 330 g/mol. The molecule has 0 aliphatic rings. The van der Waals surface area contributed by atoms with Crippen LogP contribution in [0.4, 0.5) is 0 Å². The predicted molar refractivity (Wildman–Crippen MR) is 61.0 cm³/mol. The first-order chi connectivity index (χ1) is 8.57. The van der Waals surface area contributed by atoms with Crippen LogP contribution in [0, 0.1) is 0 Å². The van der Waals surface area contributed by atoms with Crippen LogP contribution in [0.5, 0.6) is 0 Å². The molecule has 20 heavy (non-hydrogen) atoms. The van der Waals surface area contributed by atoms with Gasteiger partial charge in [-0.2, -0.15) is 0 Å². The Morgan fingerprint density at radius 2 is 1.85 bits per heavy atom. The van der Waals surface area contributed by atoms with Gasteiger partial charge in [0.25, 0.3) is 5.08 Å². The largest absolute Gasteiger partial charge is 1.00 e. The van der Waals surface area contributed by atoms with E-state index in [0.29, 0.717) is 0 Å². The molecule has 4 N–H and O–H groups in total. The van der Waals surface area contributed by atoms with E-state index in [1.807, 2.05) is 0 Å². The van der Waals surface area contributed by atoms with Crippen molar-refractivity contribution in [3.05, 3.63) is 36.3 Å². The van der Waals surface area contributed by atoms with Gasteiger partial charge in [-0.15, -0.1) is 0 Å². The van der Waals surface area contributed by atoms with E-state index in [0.717, 1.165) is 6.20 Å². The second-order valence-corrected chi connectivity index (χ2v) is 7.57. The average Bonchev–Trinajstić information content (AvgIpc) is 2.68. The molecule has 0 fully saturated rings. The second kappa shape index (κ2) is 5.62. The summed E-state index contributed by atoms with van der Waals surface area (Å²) in [5, 5.41) is 6.02. The Hall–Kier alpha value is -0.0500. The predicted octanol–water partition coefficient (Wildman–Crippen LogP) is -3.84. The number of aromatic nitrogens is 2. The van der Waals surface area contributed by atoms with Crippen LogP contribution in [0.2, 0.25) is 0 Å². The number of fused-ring (bicyclic) bond motifs is 1. The van der Waals surface area contributed by atoms with Gasteiger partial charge in [-0.05, 0) is 12.1 Å². The molecule has 2 aromatic heterocycles. The third kappa shape index (κ3) is 2.80. The van der Waals surface area contributed by atoms with Crippen molar-refractivity contribution in [2.24, 2.45) is 0 Å². The molecule has 0 saturated heterocycles. The number of imidazole rings is 1. The molecular formula is C8H9N2NaO7P2. The van der Waals surface area contributed by atoms with E-state index < -0.39 is 26.0 Å². The molecule has 0 spiro atoms. The van der Waals surface area contributed by atoms with Gasteiger partial charge in [0.05, 0.1) is 0 Å². The number of hydrogen-bond acceptors (Lipinski definition) is 5. The molecule has 0 aliphatic heterocycles. The van der Waals surface area contributed by atoms with Gasteiger partial charge in [-0.1, -0.05) is 6.07 Å². The first-order valence-electron chi connectivity index (χ1n) is 4.83. The van der Waals surface area contributed by atoms with Crippen molar-refractivity contribution >= 4 is 20.8 Å². The minimum Gasteiger partial charge on any atom is -0.776 e. The Kier molecular flexibility index (Phi) is 5.06. The first kappa shape index (κ1) is 18.0. The van der Waals surface area contributed by atoms with Gasteiger partial charge in [-0.3, -0.25) is 4.57 Å². The quantitative estimate of drug-likeness (QED) is 0.329. The molecule has 9 nitrogen and oxygen atoms in total. The van der Waals surface area contributed by atoms with Crippen molar-refractivity contribution in [1.29, 1.82) is 0 Å². The zero-order valence-electron chi connectivity index (χ0n) is 10.2. The number of aliphatic hydroxyl groups is 1. The minimum absolute atomic E-state index is 0. The fourth-order valence-corrected chi connectivity index (χ4v) is 3.68. The van der Waals surface area contributed by atoms with Crippen LogP contribution in [0.15, 0.2) is 30.6 Å². The summed E-state index contributed by atoms with van der Waals surface area (Å²) in [5.41, 5.74) is -0.703. The standard InChI is InChI=1S/C8H10N2O7P2.Na/c11-8(18(12,13)14,19(15,16)17)6-5-10-4-2-1-3-7(10)9-6;/h1-5,11H,(H2,12,13,14)(H2,15,16,17);/q;+1/p-1. The van der Waals surface area contributed by atoms with Crippen molar-refractivity contribution in [3.8, 4) is 0 Å². The normalized spacial score (nSPS) is 18.1. The van der Waals surface area contributed by atoms with E-state index in [9.17, 15) is 19.1 Å². The summed E-state index contributed by atoms with van der Waals surface area (Å²) in [6.45, 7) is 0. The van der Waals surface area contributed by atoms with Crippen LogP contribution in [-0.2, 0) is 14.2 Å². The molecule has 12 heteroatoms. The van der Waals surface area contributed by atoms with Crippen LogP contribution in [0.3, 0.4) is 0 Å². The number of pyridine rings is 1. The Morgan fingerprint density at radius 1 is 1.25 bits per heavy atom. The number of rotatable bonds is 3. The van der Waals surface area contributed by atoms with Crippen LogP contribution in [0.1, 0.15) is 5.69 Å². The van der Waals surface area contributed by atoms with Crippen molar-refractivity contribution in [2.45, 2.75) is 5.08 Å². The molecular weight excluding hydrogens is 321 g/mol. The number of nitrogens with zero attached hydrogens (tertiary/aromatic N) is 2. The first-order valence-corrected chi connectivity index (χ1v) is 8.02. The summed E-state index contributed by atoms with van der Waals surface area (Å²) >= 11 is 0. The molecule has 0 amide bonds. The fraction of sp³-hybridized carbons (Fsp3) is 0.125. The van der Waals surface area contributed by atoms with E-state index >= 15 is 0 Å². The van der Waals surface area contributed by atoms with Gasteiger partial charge >= 0.3 is 37.2 Å². The van der Waals surface area contributed by atoms with Crippen LogP contribution < -0.4 is 34.5 Å². The Morgan fingerprint density at radius 3 is 2.30 bits per heavy atom. The molecule has 0 aromatic carbocycles.